The minimum atomic E-state index is -3.80. The summed E-state index contributed by atoms with van der Waals surface area (Å²) in [4.78, 5) is 25.1. The number of aromatic nitrogens is 1. The van der Waals surface area contributed by atoms with Crippen molar-refractivity contribution in [2.45, 2.75) is 38.7 Å². The summed E-state index contributed by atoms with van der Waals surface area (Å²) in [6.07, 6.45) is 0.0195. The molecule has 2 aromatic carbocycles. The molecule has 2 N–H and O–H groups in total. The van der Waals surface area contributed by atoms with Crippen LogP contribution in [0.15, 0.2) is 59.5 Å². The van der Waals surface area contributed by atoms with Crippen LogP contribution in [-0.4, -0.2) is 37.4 Å². The molecule has 8 nitrogen and oxygen atoms in total. The summed E-state index contributed by atoms with van der Waals surface area (Å²) in [6.45, 7) is 7.00. The molecule has 0 bridgehead atoms. The highest BCUT2D eigenvalue weighted by Gasteiger charge is 2.19. The lowest BCUT2D eigenvalue weighted by Gasteiger charge is -2.11. The van der Waals surface area contributed by atoms with Crippen molar-refractivity contribution in [1.82, 2.24) is 4.57 Å². The van der Waals surface area contributed by atoms with Crippen LogP contribution in [-0.2, 0) is 14.8 Å². The number of aryl methyl sites for hydroxylation is 1. The van der Waals surface area contributed by atoms with Gasteiger partial charge < -0.3 is 14.0 Å². The minimum Gasteiger partial charge on any atom is -0.491 e. The fourth-order valence-corrected chi connectivity index (χ4v) is 3.98. The third-order valence-electron chi connectivity index (χ3n) is 4.95. The molecule has 0 saturated carbocycles. The summed E-state index contributed by atoms with van der Waals surface area (Å²) >= 11 is 0. The first-order valence-corrected chi connectivity index (χ1v) is 11.8. The van der Waals surface area contributed by atoms with Crippen LogP contribution in [0.25, 0.3) is 5.69 Å². The van der Waals surface area contributed by atoms with Gasteiger partial charge in [-0.05, 0) is 82.3 Å². The first kappa shape index (κ1) is 24.2. The first-order chi connectivity index (χ1) is 15.5. The molecule has 0 aliphatic rings. The number of primary sulfonamides is 1. The number of carbonyl (C=O) groups is 2. The van der Waals surface area contributed by atoms with Crippen LogP contribution in [0.3, 0.4) is 0 Å². The van der Waals surface area contributed by atoms with Gasteiger partial charge in [-0.25, -0.2) is 18.4 Å². The standard InChI is InChI=1S/C24H26N2O6S/c1-15(2)32-20-9-5-18(6-10-20)24(28)31-14-23(27)22-13-16(3)26(17(22)4)19-7-11-21(12-8-19)33(25,29)30/h5-13,15H,14H2,1-4H3,(H2,25,29,30). The second-order valence-electron chi connectivity index (χ2n) is 7.85. The van der Waals surface area contributed by atoms with Crippen molar-refractivity contribution in [3.8, 4) is 11.4 Å². The number of nitrogens with zero attached hydrogens (tertiary/aromatic N) is 1. The molecule has 3 aromatic rings. The number of benzene rings is 2. The summed E-state index contributed by atoms with van der Waals surface area (Å²) in [6, 6.07) is 14.3. The molecule has 1 aromatic heterocycles. The lowest BCUT2D eigenvalue weighted by Crippen LogP contribution is -2.15. The van der Waals surface area contributed by atoms with Gasteiger partial charge in [-0.15, -0.1) is 0 Å². The molecule has 0 saturated heterocycles. The van der Waals surface area contributed by atoms with Crippen LogP contribution in [0.1, 0.15) is 46.0 Å². The van der Waals surface area contributed by atoms with E-state index in [-0.39, 0.29) is 16.8 Å². The first-order valence-electron chi connectivity index (χ1n) is 10.3. The number of esters is 1. The van der Waals surface area contributed by atoms with Crippen molar-refractivity contribution in [2.24, 2.45) is 5.14 Å². The predicted octanol–water partition coefficient (Wildman–Crippen LogP) is 3.57. The summed E-state index contributed by atoms with van der Waals surface area (Å²) in [5.74, 6) is -0.308. The molecule has 33 heavy (non-hydrogen) atoms. The third kappa shape index (κ3) is 5.68. The number of Topliss-reactive ketones (excluding diaryl/α,β-unsaturated/α-hetero) is 1. The third-order valence-corrected chi connectivity index (χ3v) is 5.88. The zero-order chi connectivity index (χ0) is 24.3. The molecule has 0 fully saturated rings. The fraction of sp³-hybridized carbons (Fsp3) is 0.250. The Morgan fingerprint density at radius 1 is 1.00 bits per heavy atom. The Balaban J connectivity index is 1.71. The molecule has 1 heterocycles. The Labute approximate surface area is 193 Å². The molecule has 0 amide bonds. The smallest absolute Gasteiger partial charge is 0.338 e. The maximum atomic E-state index is 12.8. The summed E-state index contributed by atoms with van der Waals surface area (Å²) < 4.78 is 35.5. The molecule has 0 aliphatic carbocycles. The van der Waals surface area contributed by atoms with Crippen LogP contribution in [0.2, 0.25) is 0 Å². The van der Waals surface area contributed by atoms with Gasteiger partial charge in [0.15, 0.2) is 6.61 Å². The van der Waals surface area contributed by atoms with E-state index in [0.717, 1.165) is 5.69 Å². The van der Waals surface area contributed by atoms with E-state index in [2.05, 4.69) is 0 Å². The van der Waals surface area contributed by atoms with Crippen molar-refractivity contribution in [1.29, 1.82) is 0 Å². The average Bonchev–Trinajstić information content (AvgIpc) is 3.05. The molecular formula is C24H26N2O6S. The summed E-state index contributed by atoms with van der Waals surface area (Å²) in [5, 5.41) is 5.15. The minimum absolute atomic E-state index is 0.000672. The van der Waals surface area contributed by atoms with E-state index in [1.54, 1.807) is 49.4 Å². The lowest BCUT2D eigenvalue weighted by atomic mass is 10.1. The van der Waals surface area contributed by atoms with Gasteiger partial charge in [0.1, 0.15) is 5.75 Å². The highest BCUT2D eigenvalue weighted by atomic mass is 32.2. The number of hydrogen-bond donors (Lipinski definition) is 1. The molecule has 0 aliphatic heterocycles. The number of ether oxygens (including phenoxy) is 2. The van der Waals surface area contributed by atoms with Gasteiger partial charge in [0.05, 0.1) is 16.6 Å². The largest absolute Gasteiger partial charge is 0.491 e. The normalized spacial score (nSPS) is 11.5. The maximum Gasteiger partial charge on any atom is 0.338 e. The van der Waals surface area contributed by atoms with E-state index in [9.17, 15) is 18.0 Å². The number of sulfonamides is 1. The van der Waals surface area contributed by atoms with Crippen molar-refractivity contribution in [3.05, 3.63) is 77.1 Å². The van der Waals surface area contributed by atoms with E-state index in [4.69, 9.17) is 14.6 Å². The van der Waals surface area contributed by atoms with Gasteiger partial charge >= 0.3 is 5.97 Å². The number of carbonyl (C=O) groups excluding carboxylic acids is 2. The van der Waals surface area contributed by atoms with Crippen LogP contribution < -0.4 is 9.88 Å². The topological polar surface area (TPSA) is 118 Å². The van der Waals surface area contributed by atoms with Gasteiger partial charge in [-0.1, -0.05) is 0 Å². The number of nitrogens with two attached hydrogens (primary N) is 1. The number of hydrogen-bond acceptors (Lipinski definition) is 6. The van der Waals surface area contributed by atoms with Crippen molar-refractivity contribution >= 4 is 21.8 Å². The van der Waals surface area contributed by atoms with E-state index in [1.807, 2.05) is 25.3 Å². The van der Waals surface area contributed by atoms with E-state index in [0.29, 0.717) is 28.3 Å². The van der Waals surface area contributed by atoms with Crippen molar-refractivity contribution in [3.63, 3.8) is 0 Å². The highest BCUT2D eigenvalue weighted by Crippen LogP contribution is 2.23. The lowest BCUT2D eigenvalue weighted by molar-refractivity contribution is 0.0474. The molecule has 0 spiro atoms. The highest BCUT2D eigenvalue weighted by molar-refractivity contribution is 7.89. The molecule has 174 valence electrons. The summed E-state index contributed by atoms with van der Waals surface area (Å²) in [7, 11) is -3.80. The molecule has 0 unspecified atom stereocenters. The van der Waals surface area contributed by atoms with Gasteiger partial charge in [-0.2, -0.15) is 0 Å². The zero-order valence-electron chi connectivity index (χ0n) is 18.9. The Kier molecular flexibility index (Phi) is 7.04. The Hall–Kier alpha value is -3.43. The van der Waals surface area contributed by atoms with E-state index >= 15 is 0 Å². The maximum absolute atomic E-state index is 12.8. The molecule has 3 rings (SSSR count). The SMILES string of the molecule is Cc1cc(C(=O)COC(=O)c2ccc(OC(C)C)cc2)c(C)n1-c1ccc(S(N)(=O)=O)cc1. The van der Waals surface area contributed by atoms with Crippen molar-refractivity contribution in [2.75, 3.05) is 6.61 Å². The van der Waals surface area contributed by atoms with E-state index < -0.39 is 22.6 Å². The number of rotatable bonds is 8. The summed E-state index contributed by atoms with van der Waals surface area (Å²) in [5.41, 5.74) is 2.83. The van der Waals surface area contributed by atoms with Crippen LogP contribution in [0.4, 0.5) is 0 Å². The van der Waals surface area contributed by atoms with Gasteiger partial charge in [-0.3, -0.25) is 4.79 Å². The Morgan fingerprint density at radius 2 is 1.61 bits per heavy atom. The fourth-order valence-electron chi connectivity index (χ4n) is 3.46. The number of ketones is 1. The van der Waals surface area contributed by atoms with Gasteiger partial charge in [0.25, 0.3) is 0 Å². The predicted molar refractivity (Wildman–Crippen MR) is 123 cm³/mol. The zero-order valence-corrected chi connectivity index (χ0v) is 19.7. The van der Waals surface area contributed by atoms with E-state index in [1.165, 1.54) is 12.1 Å². The molecular weight excluding hydrogens is 444 g/mol. The van der Waals surface area contributed by atoms with Crippen LogP contribution in [0, 0.1) is 13.8 Å². The van der Waals surface area contributed by atoms with Gasteiger partial charge in [0, 0.05) is 22.6 Å². The molecule has 9 heteroatoms. The van der Waals surface area contributed by atoms with Crippen LogP contribution in [0.5, 0.6) is 5.75 Å². The molecule has 0 atom stereocenters. The second-order valence-corrected chi connectivity index (χ2v) is 9.41. The van der Waals surface area contributed by atoms with Gasteiger partial charge in [0.2, 0.25) is 15.8 Å². The average molecular weight is 471 g/mol. The second kappa shape index (κ2) is 9.60. The van der Waals surface area contributed by atoms with Crippen molar-refractivity contribution < 1.29 is 27.5 Å². The molecule has 0 radical (unpaired) electrons. The Morgan fingerprint density at radius 3 is 2.15 bits per heavy atom. The monoisotopic (exact) mass is 470 g/mol. The Bertz CT molecular complexity index is 1270. The quantitative estimate of drug-likeness (QED) is 0.397. The van der Waals surface area contributed by atoms with Crippen LogP contribution >= 0.6 is 0 Å².